The van der Waals surface area contributed by atoms with Crippen LogP contribution in [0.15, 0.2) is 24.3 Å². The maximum absolute atomic E-state index is 13.0. The number of aliphatic hydroxyl groups excluding tert-OH is 1. The SMILES string of the molecule is COCC(=O)N1CCC(Oc2ccccc2C(=O)N2CCOCC(O)C2)CC1. The van der Waals surface area contributed by atoms with Gasteiger partial charge in [-0.1, -0.05) is 12.1 Å². The van der Waals surface area contributed by atoms with Crippen molar-refractivity contribution in [2.24, 2.45) is 0 Å². The molecule has 2 fully saturated rings. The Morgan fingerprint density at radius 2 is 1.93 bits per heavy atom. The van der Waals surface area contributed by atoms with E-state index in [2.05, 4.69) is 0 Å². The number of β-amino-alcohol motifs (C(OH)–C–C–N with tert-alkyl or cyclic N) is 1. The highest BCUT2D eigenvalue weighted by atomic mass is 16.5. The Kier molecular flexibility index (Phi) is 7.24. The number of hydrogen-bond donors (Lipinski definition) is 1. The van der Waals surface area contributed by atoms with Crippen molar-refractivity contribution in [2.45, 2.75) is 25.0 Å². The number of carbonyl (C=O) groups is 2. The number of nitrogens with zero attached hydrogens (tertiary/aromatic N) is 2. The predicted molar refractivity (Wildman–Crippen MR) is 101 cm³/mol. The average molecular weight is 392 g/mol. The number of aliphatic hydroxyl groups is 1. The molecule has 28 heavy (non-hydrogen) atoms. The van der Waals surface area contributed by atoms with Crippen molar-refractivity contribution >= 4 is 11.8 Å². The Hall–Kier alpha value is -2.16. The lowest BCUT2D eigenvalue weighted by molar-refractivity contribution is -0.136. The van der Waals surface area contributed by atoms with E-state index in [1.807, 2.05) is 6.07 Å². The summed E-state index contributed by atoms with van der Waals surface area (Å²) in [6.45, 7) is 2.63. The minimum absolute atomic E-state index is 0.0153. The molecule has 1 atom stereocenters. The van der Waals surface area contributed by atoms with Crippen molar-refractivity contribution in [1.29, 1.82) is 0 Å². The first-order valence-electron chi connectivity index (χ1n) is 9.66. The maximum Gasteiger partial charge on any atom is 0.257 e. The van der Waals surface area contributed by atoms with Gasteiger partial charge in [-0.05, 0) is 12.1 Å². The molecule has 1 aromatic carbocycles. The summed E-state index contributed by atoms with van der Waals surface area (Å²) in [5, 5.41) is 9.90. The maximum atomic E-state index is 13.0. The van der Waals surface area contributed by atoms with E-state index < -0.39 is 6.10 Å². The molecule has 0 radical (unpaired) electrons. The number of piperidine rings is 1. The van der Waals surface area contributed by atoms with Gasteiger partial charge in [0.15, 0.2) is 0 Å². The molecule has 0 bridgehead atoms. The van der Waals surface area contributed by atoms with Crippen molar-refractivity contribution in [1.82, 2.24) is 9.80 Å². The fourth-order valence-corrected chi connectivity index (χ4v) is 3.51. The highest BCUT2D eigenvalue weighted by molar-refractivity contribution is 5.97. The van der Waals surface area contributed by atoms with E-state index in [0.717, 1.165) is 0 Å². The van der Waals surface area contributed by atoms with Crippen LogP contribution in [-0.2, 0) is 14.3 Å². The van der Waals surface area contributed by atoms with Gasteiger partial charge in [0.05, 0.1) is 24.9 Å². The van der Waals surface area contributed by atoms with Gasteiger partial charge in [0.25, 0.3) is 5.91 Å². The summed E-state index contributed by atoms with van der Waals surface area (Å²) >= 11 is 0. The minimum Gasteiger partial charge on any atom is -0.489 e. The molecular weight excluding hydrogens is 364 g/mol. The van der Waals surface area contributed by atoms with Gasteiger partial charge >= 0.3 is 0 Å². The lowest BCUT2D eigenvalue weighted by Crippen LogP contribution is -2.43. The van der Waals surface area contributed by atoms with Gasteiger partial charge in [0.1, 0.15) is 18.5 Å². The van der Waals surface area contributed by atoms with Crippen LogP contribution in [0.4, 0.5) is 0 Å². The molecule has 8 heteroatoms. The van der Waals surface area contributed by atoms with Crippen LogP contribution in [0.25, 0.3) is 0 Å². The van der Waals surface area contributed by atoms with E-state index in [0.29, 0.717) is 50.4 Å². The summed E-state index contributed by atoms with van der Waals surface area (Å²) in [6.07, 6.45) is 0.662. The molecule has 3 rings (SSSR count). The van der Waals surface area contributed by atoms with Crippen LogP contribution < -0.4 is 4.74 Å². The van der Waals surface area contributed by atoms with E-state index in [1.165, 1.54) is 7.11 Å². The third kappa shape index (κ3) is 5.21. The molecule has 2 aliphatic heterocycles. The molecule has 154 valence electrons. The summed E-state index contributed by atoms with van der Waals surface area (Å²) in [6, 6.07) is 7.17. The number of para-hydroxylation sites is 1. The number of carbonyl (C=O) groups excluding carboxylic acids is 2. The van der Waals surface area contributed by atoms with Crippen molar-refractivity contribution in [2.75, 3.05) is 53.1 Å². The van der Waals surface area contributed by atoms with E-state index in [1.54, 1.807) is 28.0 Å². The van der Waals surface area contributed by atoms with Crippen LogP contribution in [0.2, 0.25) is 0 Å². The van der Waals surface area contributed by atoms with E-state index in [-0.39, 0.29) is 37.7 Å². The molecule has 0 spiro atoms. The number of rotatable bonds is 5. The largest absolute Gasteiger partial charge is 0.489 e. The Morgan fingerprint density at radius 3 is 2.68 bits per heavy atom. The summed E-state index contributed by atoms with van der Waals surface area (Å²) in [5.74, 6) is 0.347. The van der Waals surface area contributed by atoms with Crippen LogP contribution in [-0.4, -0.2) is 92.0 Å². The summed E-state index contributed by atoms with van der Waals surface area (Å²) < 4.78 is 16.3. The zero-order chi connectivity index (χ0) is 19.9. The predicted octanol–water partition coefficient (Wildman–Crippen LogP) is 0.536. The van der Waals surface area contributed by atoms with Gasteiger partial charge < -0.3 is 29.1 Å². The lowest BCUT2D eigenvalue weighted by atomic mass is 10.1. The molecule has 1 aromatic rings. The number of benzene rings is 1. The second-order valence-corrected chi connectivity index (χ2v) is 7.11. The average Bonchev–Trinajstić information content (AvgIpc) is 2.93. The fraction of sp³-hybridized carbons (Fsp3) is 0.600. The number of amides is 2. The molecule has 2 amide bonds. The highest BCUT2D eigenvalue weighted by Crippen LogP contribution is 2.25. The summed E-state index contributed by atoms with van der Waals surface area (Å²) in [4.78, 5) is 28.3. The molecule has 0 aliphatic carbocycles. The normalized spacial score (nSPS) is 21.3. The van der Waals surface area contributed by atoms with Crippen molar-refractivity contribution in [3.63, 3.8) is 0 Å². The Bertz CT molecular complexity index is 674. The van der Waals surface area contributed by atoms with Crippen LogP contribution in [0.5, 0.6) is 5.75 Å². The molecule has 8 nitrogen and oxygen atoms in total. The number of methoxy groups -OCH3 is 1. The molecule has 0 saturated carbocycles. The summed E-state index contributed by atoms with van der Waals surface area (Å²) in [7, 11) is 1.51. The van der Waals surface area contributed by atoms with Crippen molar-refractivity contribution in [3.8, 4) is 5.75 Å². The third-order valence-corrected chi connectivity index (χ3v) is 5.01. The number of likely N-dealkylation sites (tertiary alicyclic amines) is 1. The second kappa shape index (κ2) is 9.86. The van der Waals surface area contributed by atoms with Crippen molar-refractivity contribution < 1.29 is 28.9 Å². The topological polar surface area (TPSA) is 88.5 Å². The second-order valence-electron chi connectivity index (χ2n) is 7.11. The molecule has 2 aliphatic rings. The minimum atomic E-state index is -0.687. The lowest BCUT2D eigenvalue weighted by Gasteiger charge is -2.32. The number of ether oxygens (including phenoxy) is 3. The van der Waals surface area contributed by atoms with Gasteiger partial charge in [-0.3, -0.25) is 9.59 Å². The Balaban J connectivity index is 1.63. The van der Waals surface area contributed by atoms with Crippen LogP contribution in [0.3, 0.4) is 0 Å². The van der Waals surface area contributed by atoms with Gasteiger partial charge in [-0.15, -0.1) is 0 Å². The van der Waals surface area contributed by atoms with E-state index in [9.17, 15) is 14.7 Å². The standard InChI is InChI=1S/C20H28N2O6/c1-26-14-19(24)21-8-6-16(7-9-21)28-18-5-3-2-4-17(18)20(25)22-10-11-27-13-15(23)12-22/h2-5,15-16,23H,6-14H2,1H3. The first-order valence-corrected chi connectivity index (χ1v) is 9.66. The van der Waals surface area contributed by atoms with Gasteiger partial charge in [0, 0.05) is 46.1 Å². The quantitative estimate of drug-likeness (QED) is 0.787. The third-order valence-electron chi connectivity index (χ3n) is 5.01. The van der Waals surface area contributed by atoms with Crippen molar-refractivity contribution in [3.05, 3.63) is 29.8 Å². The van der Waals surface area contributed by atoms with Crippen LogP contribution >= 0.6 is 0 Å². The first-order chi connectivity index (χ1) is 13.6. The van der Waals surface area contributed by atoms with E-state index in [4.69, 9.17) is 14.2 Å². The Morgan fingerprint density at radius 1 is 1.18 bits per heavy atom. The zero-order valence-electron chi connectivity index (χ0n) is 16.2. The molecule has 2 heterocycles. The van der Waals surface area contributed by atoms with Crippen LogP contribution in [0.1, 0.15) is 23.2 Å². The van der Waals surface area contributed by atoms with Crippen LogP contribution in [0, 0.1) is 0 Å². The molecule has 1 unspecified atom stereocenters. The van der Waals surface area contributed by atoms with E-state index >= 15 is 0 Å². The zero-order valence-corrected chi connectivity index (χ0v) is 16.2. The highest BCUT2D eigenvalue weighted by Gasteiger charge is 2.27. The monoisotopic (exact) mass is 392 g/mol. The number of hydrogen-bond acceptors (Lipinski definition) is 6. The fourth-order valence-electron chi connectivity index (χ4n) is 3.51. The summed E-state index contributed by atoms with van der Waals surface area (Å²) in [5.41, 5.74) is 0.481. The molecular formula is C20H28N2O6. The van der Waals surface area contributed by atoms with Gasteiger partial charge in [-0.2, -0.15) is 0 Å². The van der Waals surface area contributed by atoms with Gasteiger partial charge in [0.2, 0.25) is 5.91 Å². The molecule has 0 aromatic heterocycles. The molecule has 2 saturated heterocycles. The Labute approximate surface area is 165 Å². The smallest absolute Gasteiger partial charge is 0.257 e. The first kappa shape index (κ1) is 20.6. The van der Waals surface area contributed by atoms with Gasteiger partial charge in [-0.25, -0.2) is 0 Å². The molecule has 1 N–H and O–H groups in total.